The molecule has 0 saturated heterocycles. The molecule has 3 aromatic rings. The third-order valence-electron chi connectivity index (χ3n) is 3.69. The summed E-state index contributed by atoms with van der Waals surface area (Å²) in [6.45, 7) is 1.62. The number of anilines is 1. The molecule has 0 radical (unpaired) electrons. The highest BCUT2D eigenvalue weighted by Crippen LogP contribution is 2.32. The van der Waals surface area contributed by atoms with Crippen LogP contribution in [0.5, 0.6) is 5.75 Å². The first-order valence-electron chi connectivity index (χ1n) is 7.55. The first-order chi connectivity index (χ1) is 12.0. The molecule has 1 atom stereocenters. The molecular weight excluding hydrogens is 364 g/mol. The molecular formula is C19H14Cl2FNO2. The van der Waals surface area contributed by atoms with Crippen LogP contribution in [0.15, 0.2) is 54.6 Å². The summed E-state index contributed by atoms with van der Waals surface area (Å²) in [6.07, 6.45) is -0.786. The van der Waals surface area contributed by atoms with E-state index in [1.165, 1.54) is 12.1 Å². The lowest BCUT2D eigenvalue weighted by atomic mass is 10.1. The normalized spacial score (nSPS) is 12.0. The van der Waals surface area contributed by atoms with Crippen LogP contribution < -0.4 is 10.1 Å². The van der Waals surface area contributed by atoms with Crippen LogP contribution in [-0.4, -0.2) is 12.0 Å². The Labute approximate surface area is 154 Å². The van der Waals surface area contributed by atoms with E-state index >= 15 is 0 Å². The maximum Gasteiger partial charge on any atom is 0.265 e. The van der Waals surface area contributed by atoms with E-state index in [2.05, 4.69) is 5.32 Å². The van der Waals surface area contributed by atoms with Gasteiger partial charge >= 0.3 is 0 Å². The Hall–Kier alpha value is -2.30. The van der Waals surface area contributed by atoms with E-state index in [1.807, 2.05) is 24.3 Å². The van der Waals surface area contributed by atoms with Gasteiger partial charge in [-0.15, -0.1) is 0 Å². The predicted molar refractivity (Wildman–Crippen MR) is 99.1 cm³/mol. The lowest BCUT2D eigenvalue weighted by Crippen LogP contribution is -2.30. The van der Waals surface area contributed by atoms with Crippen molar-refractivity contribution in [1.29, 1.82) is 0 Å². The molecule has 0 heterocycles. The third kappa shape index (κ3) is 3.86. The average molecular weight is 378 g/mol. The van der Waals surface area contributed by atoms with Crippen LogP contribution >= 0.6 is 23.2 Å². The monoisotopic (exact) mass is 377 g/mol. The van der Waals surface area contributed by atoms with E-state index < -0.39 is 17.8 Å². The van der Waals surface area contributed by atoms with Gasteiger partial charge in [0.25, 0.3) is 5.91 Å². The molecule has 0 fully saturated rings. The van der Waals surface area contributed by atoms with Gasteiger partial charge in [-0.1, -0.05) is 47.5 Å². The molecule has 0 aromatic heterocycles. The number of carbonyl (C=O) groups is 1. The van der Waals surface area contributed by atoms with Gasteiger partial charge in [0.1, 0.15) is 11.6 Å². The zero-order valence-corrected chi connectivity index (χ0v) is 14.7. The molecule has 0 aliphatic heterocycles. The number of hydrogen-bond acceptors (Lipinski definition) is 2. The van der Waals surface area contributed by atoms with E-state index in [4.69, 9.17) is 27.9 Å². The number of halogens is 3. The van der Waals surface area contributed by atoms with Crippen LogP contribution in [0.25, 0.3) is 10.8 Å². The first-order valence-corrected chi connectivity index (χ1v) is 8.31. The van der Waals surface area contributed by atoms with Gasteiger partial charge in [-0.3, -0.25) is 4.79 Å². The summed E-state index contributed by atoms with van der Waals surface area (Å²) in [6, 6.07) is 14.7. The highest BCUT2D eigenvalue weighted by molar-refractivity contribution is 6.35. The van der Waals surface area contributed by atoms with Crippen LogP contribution in [0.2, 0.25) is 10.0 Å². The summed E-state index contributed by atoms with van der Waals surface area (Å²) in [5.74, 6) is -0.319. The molecule has 0 saturated carbocycles. The minimum Gasteiger partial charge on any atom is -0.480 e. The number of fused-ring (bicyclic) bond motifs is 1. The Kier molecular flexibility index (Phi) is 5.11. The molecule has 1 amide bonds. The summed E-state index contributed by atoms with van der Waals surface area (Å²) in [7, 11) is 0. The molecule has 25 heavy (non-hydrogen) atoms. The zero-order chi connectivity index (χ0) is 18.0. The van der Waals surface area contributed by atoms with Gasteiger partial charge in [-0.2, -0.15) is 0 Å². The summed E-state index contributed by atoms with van der Waals surface area (Å²) in [5, 5.41) is 5.02. The Morgan fingerprint density at radius 1 is 1.04 bits per heavy atom. The summed E-state index contributed by atoms with van der Waals surface area (Å²) >= 11 is 12.1. The standard InChI is InChI=1S/C19H14Cl2FNO2/c1-11(19(24)23-17-8-6-12(22)10-16(17)21)25-18-9-7-15(20)13-4-2-3-5-14(13)18/h2-11H,1H3,(H,23,24)/t11-/m1/s1. The minimum atomic E-state index is -0.786. The Morgan fingerprint density at radius 3 is 2.48 bits per heavy atom. The molecule has 6 heteroatoms. The third-order valence-corrected chi connectivity index (χ3v) is 4.34. The van der Waals surface area contributed by atoms with Crippen LogP contribution in [0.4, 0.5) is 10.1 Å². The van der Waals surface area contributed by atoms with Crippen LogP contribution in [0, 0.1) is 5.82 Å². The van der Waals surface area contributed by atoms with Crippen molar-refractivity contribution in [3.8, 4) is 5.75 Å². The average Bonchev–Trinajstić information content (AvgIpc) is 2.60. The van der Waals surface area contributed by atoms with Crippen LogP contribution in [0.3, 0.4) is 0 Å². The van der Waals surface area contributed by atoms with Crippen molar-refractivity contribution in [2.45, 2.75) is 13.0 Å². The fourth-order valence-corrected chi connectivity index (χ4v) is 2.85. The maximum absolute atomic E-state index is 13.1. The number of hydrogen-bond donors (Lipinski definition) is 1. The number of carbonyl (C=O) groups excluding carboxylic acids is 1. The van der Waals surface area contributed by atoms with Crippen molar-refractivity contribution >= 4 is 45.6 Å². The molecule has 0 unspecified atom stereocenters. The molecule has 3 nitrogen and oxygen atoms in total. The lowest BCUT2D eigenvalue weighted by Gasteiger charge is -2.17. The minimum absolute atomic E-state index is 0.123. The number of ether oxygens (including phenoxy) is 1. The van der Waals surface area contributed by atoms with Gasteiger partial charge in [-0.05, 0) is 37.3 Å². The molecule has 1 N–H and O–H groups in total. The molecule has 0 aliphatic carbocycles. The zero-order valence-electron chi connectivity index (χ0n) is 13.2. The van der Waals surface area contributed by atoms with Crippen molar-refractivity contribution < 1.29 is 13.9 Å². The topological polar surface area (TPSA) is 38.3 Å². The number of rotatable bonds is 4. The van der Waals surface area contributed by atoms with Crippen LogP contribution in [0.1, 0.15) is 6.92 Å². The van der Waals surface area contributed by atoms with Crippen molar-refractivity contribution in [2.24, 2.45) is 0 Å². The molecule has 0 spiro atoms. The SMILES string of the molecule is C[C@@H](Oc1ccc(Cl)c2ccccc12)C(=O)Nc1ccc(F)cc1Cl. The van der Waals surface area contributed by atoms with E-state index in [1.54, 1.807) is 19.1 Å². The Morgan fingerprint density at radius 2 is 1.76 bits per heavy atom. The number of amides is 1. The summed E-state index contributed by atoms with van der Waals surface area (Å²) in [5.41, 5.74) is 0.324. The van der Waals surface area contributed by atoms with Gasteiger partial charge < -0.3 is 10.1 Å². The molecule has 128 valence electrons. The first kappa shape index (κ1) is 17.5. The van der Waals surface area contributed by atoms with Crippen molar-refractivity contribution in [3.05, 3.63) is 70.5 Å². The smallest absolute Gasteiger partial charge is 0.265 e. The fraction of sp³-hybridized carbons (Fsp3) is 0.105. The van der Waals surface area contributed by atoms with Crippen molar-refractivity contribution in [1.82, 2.24) is 0 Å². The van der Waals surface area contributed by atoms with Crippen molar-refractivity contribution in [3.63, 3.8) is 0 Å². The summed E-state index contributed by atoms with van der Waals surface area (Å²) < 4.78 is 18.9. The second kappa shape index (κ2) is 7.30. The van der Waals surface area contributed by atoms with E-state index in [0.29, 0.717) is 16.5 Å². The van der Waals surface area contributed by atoms with Crippen LogP contribution in [-0.2, 0) is 4.79 Å². The second-order valence-electron chi connectivity index (χ2n) is 5.46. The molecule has 3 rings (SSSR count). The largest absolute Gasteiger partial charge is 0.480 e. The van der Waals surface area contributed by atoms with Gasteiger partial charge in [0.2, 0.25) is 0 Å². The van der Waals surface area contributed by atoms with Gasteiger partial charge in [0, 0.05) is 15.8 Å². The Balaban J connectivity index is 1.79. The van der Waals surface area contributed by atoms with E-state index in [0.717, 1.165) is 16.8 Å². The lowest BCUT2D eigenvalue weighted by molar-refractivity contribution is -0.122. The van der Waals surface area contributed by atoms with Crippen molar-refractivity contribution in [2.75, 3.05) is 5.32 Å². The van der Waals surface area contributed by atoms with Gasteiger partial charge in [-0.25, -0.2) is 4.39 Å². The maximum atomic E-state index is 13.1. The second-order valence-corrected chi connectivity index (χ2v) is 6.28. The molecule has 0 bridgehead atoms. The number of nitrogens with one attached hydrogen (secondary N) is 1. The highest BCUT2D eigenvalue weighted by Gasteiger charge is 2.18. The quantitative estimate of drug-likeness (QED) is 0.633. The molecule has 3 aromatic carbocycles. The molecule has 0 aliphatic rings. The highest BCUT2D eigenvalue weighted by atomic mass is 35.5. The van der Waals surface area contributed by atoms with E-state index in [9.17, 15) is 9.18 Å². The number of benzene rings is 3. The van der Waals surface area contributed by atoms with Gasteiger partial charge in [0.05, 0.1) is 10.7 Å². The summed E-state index contributed by atoms with van der Waals surface area (Å²) in [4.78, 5) is 12.3. The van der Waals surface area contributed by atoms with Gasteiger partial charge in [0.15, 0.2) is 6.10 Å². The predicted octanol–water partition coefficient (Wildman–Crippen LogP) is 5.69. The Bertz CT molecular complexity index is 946. The fourth-order valence-electron chi connectivity index (χ4n) is 2.41. The van der Waals surface area contributed by atoms with E-state index in [-0.39, 0.29) is 5.02 Å².